The lowest BCUT2D eigenvalue weighted by Gasteiger charge is -2.25. The van der Waals surface area contributed by atoms with Gasteiger partial charge in [-0.25, -0.2) is 9.87 Å². The van der Waals surface area contributed by atoms with E-state index in [4.69, 9.17) is 10.9 Å². The molecule has 0 radical (unpaired) electrons. The highest BCUT2D eigenvalue weighted by molar-refractivity contribution is 6.07. The highest BCUT2D eigenvalue weighted by atomic mass is 19.1. The van der Waals surface area contributed by atoms with E-state index >= 15 is 4.39 Å². The van der Waals surface area contributed by atoms with Crippen LogP contribution in [0.15, 0.2) is 16.9 Å². The summed E-state index contributed by atoms with van der Waals surface area (Å²) in [4.78, 5) is 26.8. The molecule has 4 N–H and O–H groups in total. The van der Waals surface area contributed by atoms with Crippen molar-refractivity contribution >= 4 is 22.5 Å². The molecule has 1 amide bonds. The molecular formula is C20H25FN4O3. The summed E-state index contributed by atoms with van der Waals surface area (Å²) in [5.41, 5.74) is 8.91. The summed E-state index contributed by atoms with van der Waals surface area (Å²) >= 11 is 0. The van der Waals surface area contributed by atoms with E-state index < -0.39 is 11.7 Å². The molecule has 1 aromatic heterocycles. The highest BCUT2D eigenvalue weighted by Gasteiger charge is 2.32. The van der Waals surface area contributed by atoms with E-state index in [0.29, 0.717) is 35.2 Å². The third-order valence-corrected chi connectivity index (χ3v) is 6.04. The third kappa shape index (κ3) is 2.97. The van der Waals surface area contributed by atoms with Crippen LogP contribution in [0.3, 0.4) is 0 Å². The van der Waals surface area contributed by atoms with Crippen molar-refractivity contribution in [1.82, 2.24) is 10.0 Å². The number of nitrogens with two attached hydrogens (primary N) is 1. The molecule has 150 valence electrons. The van der Waals surface area contributed by atoms with Crippen LogP contribution in [0.25, 0.3) is 10.9 Å². The Morgan fingerprint density at radius 2 is 2.07 bits per heavy atom. The van der Waals surface area contributed by atoms with E-state index in [-0.39, 0.29) is 29.1 Å². The Hall–Kier alpha value is -2.45. The Bertz CT molecular complexity index is 1010. The average molecular weight is 388 g/mol. The summed E-state index contributed by atoms with van der Waals surface area (Å²) in [5, 5.41) is 9.39. The van der Waals surface area contributed by atoms with Crippen molar-refractivity contribution < 1.29 is 14.4 Å². The maximum Gasteiger partial charge on any atom is 0.275 e. The van der Waals surface area contributed by atoms with Crippen LogP contribution in [0.4, 0.5) is 10.1 Å². The van der Waals surface area contributed by atoms with E-state index in [9.17, 15) is 9.59 Å². The summed E-state index contributed by atoms with van der Waals surface area (Å²) in [6.45, 7) is 5.10. The first-order valence-electron chi connectivity index (χ1n) is 9.66. The molecule has 8 heteroatoms. The first kappa shape index (κ1) is 18.9. The number of halogens is 1. The molecule has 2 heterocycles. The minimum atomic E-state index is -0.824. The number of hydrogen-bond donors (Lipinski definition) is 3. The van der Waals surface area contributed by atoms with Crippen LogP contribution < -0.4 is 21.7 Å². The van der Waals surface area contributed by atoms with E-state index in [1.165, 1.54) is 12.1 Å². The number of fused-ring (bicyclic) bond motifs is 1. The van der Waals surface area contributed by atoms with E-state index in [1.807, 2.05) is 11.8 Å². The molecule has 2 fully saturated rings. The molecule has 2 aliphatic rings. The lowest BCUT2D eigenvalue weighted by atomic mass is 10.0. The summed E-state index contributed by atoms with van der Waals surface area (Å²) in [5.74, 6) is -0.982. The molecule has 4 rings (SSSR count). The Morgan fingerprint density at radius 3 is 2.64 bits per heavy atom. The smallest absolute Gasteiger partial charge is 0.275 e. The molecule has 1 aromatic carbocycles. The predicted molar refractivity (Wildman–Crippen MR) is 104 cm³/mol. The zero-order valence-corrected chi connectivity index (χ0v) is 16.0. The molecule has 1 saturated heterocycles. The van der Waals surface area contributed by atoms with Gasteiger partial charge in [0.15, 0.2) is 0 Å². The van der Waals surface area contributed by atoms with Gasteiger partial charge in [-0.15, -0.1) is 0 Å². The number of aryl methyl sites for hydroxylation is 1. The van der Waals surface area contributed by atoms with Crippen molar-refractivity contribution in [3.05, 3.63) is 39.4 Å². The maximum atomic E-state index is 15.2. The van der Waals surface area contributed by atoms with Crippen molar-refractivity contribution in [2.24, 2.45) is 11.7 Å². The summed E-state index contributed by atoms with van der Waals surface area (Å²) in [7, 11) is 0. The normalized spacial score (nSPS) is 20.6. The number of aromatic nitrogens is 1. The number of carbonyl (C=O) groups excluding carboxylic acids is 1. The lowest BCUT2D eigenvalue weighted by Crippen LogP contribution is -2.31. The van der Waals surface area contributed by atoms with Gasteiger partial charge in [-0.1, -0.05) is 0 Å². The first-order chi connectivity index (χ1) is 13.3. The summed E-state index contributed by atoms with van der Waals surface area (Å²) < 4.78 is 16.9. The second-order valence-electron chi connectivity index (χ2n) is 8.02. The van der Waals surface area contributed by atoms with Crippen molar-refractivity contribution in [2.75, 3.05) is 18.0 Å². The number of nitrogens with one attached hydrogen (secondary N) is 1. The Balaban J connectivity index is 1.96. The van der Waals surface area contributed by atoms with Gasteiger partial charge in [0.1, 0.15) is 5.82 Å². The number of carbonyl (C=O) groups is 1. The Morgan fingerprint density at radius 1 is 1.36 bits per heavy atom. The molecule has 0 bridgehead atoms. The number of nitrogens with zero attached hydrogens (tertiary/aromatic N) is 2. The monoisotopic (exact) mass is 388 g/mol. The minimum Gasteiger partial charge on any atom is -0.369 e. The van der Waals surface area contributed by atoms with Crippen LogP contribution in [0.2, 0.25) is 0 Å². The zero-order valence-electron chi connectivity index (χ0n) is 16.0. The van der Waals surface area contributed by atoms with Gasteiger partial charge in [-0.3, -0.25) is 14.8 Å². The van der Waals surface area contributed by atoms with Gasteiger partial charge in [0, 0.05) is 36.6 Å². The van der Waals surface area contributed by atoms with Crippen LogP contribution in [-0.4, -0.2) is 34.8 Å². The largest absolute Gasteiger partial charge is 0.369 e. The van der Waals surface area contributed by atoms with Crippen molar-refractivity contribution in [3.63, 3.8) is 0 Å². The van der Waals surface area contributed by atoms with Crippen LogP contribution in [0.1, 0.15) is 48.1 Å². The minimum absolute atomic E-state index is 0.0252. The predicted octanol–water partition coefficient (Wildman–Crippen LogP) is 2.08. The van der Waals surface area contributed by atoms with Crippen molar-refractivity contribution in [2.45, 2.75) is 45.2 Å². The van der Waals surface area contributed by atoms with Crippen LogP contribution >= 0.6 is 0 Å². The zero-order chi connectivity index (χ0) is 20.2. The highest BCUT2D eigenvalue weighted by Crippen LogP contribution is 2.40. The Kier molecular flexibility index (Phi) is 4.63. The number of hydroxylamine groups is 1. The van der Waals surface area contributed by atoms with Gasteiger partial charge in [0.2, 0.25) is 0 Å². The first-order valence-corrected chi connectivity index (χ1v) is 9.66. The molecule has 2 atom stereocenters. The molecule has 1 saturated carbocycles. The summed E-state index contributed by atoms with van der Waals surface area (Å²) in [6.07, 6.45) is 2.64. The molecule has 2 aromatic rings. The molecule has 0 unspecified atom stereocenters. The number of amides is 1. The fourth-order valence-corrected chi connectivity index (χ4v) is 4.40. The number of hydrogen-bond acceptors (Lipinski definition) is 5. The lowest BCUT2D eigenvalue weighted by molar-refractivity contribution is 0.0708. The fourth-order valence-electron chi connectivity index (χ4n) is 4.40. The molecule has 28 heavy (non-hydrogen) atoms. The number of rotatable bonds is 4. The standard InChI is InChI=1S/C20H25FN4O3/c1-10-18-14(7-16(21)19(10)24-6-5-12(9-24)11(2)22)15(20(27)23-28)8-17(26)25(18)13-3-4-13/h7-8,11-13,28H,3-6,9,22H2,1-2H3,(H,23,27)/t11-,12+/m0/s1. The van der Waals surface area contributed by atoms with Crippen molar-refractivity contribution in [1.29, 1.82) is 0 Å². The molecule has 1 aliphatic heterocycles. The number of anilines is 1. The average Bonchev–Trinajstić information content (AvgIpc) is 3.37. The van der Waals surface area contributed by atoms with Gasteiger partial charge in [0.25, 0.3) is 11.5 Å². The maximum absolute atomic E-state index is 15.2. The summed E-state index contributed by atoms with van der Waals surface area (Å²) in [6, 6.07) is 2.57. The van der Waals surface area contributed by atoms with E-state index in [0.717, 1.165) is 19.3 Å². The topological polar surface area (TPSA) is 101 Å². The van der Waals surface area contributed by atoms with E-state index in [1.54, 1.807) is 17.0 Å². The third-order valence-electron chi connectivity index (χ3n) is 6.04. The van der Waals surface area contributed by atoms with Gasteiger partial charge >= 0.3 is 0 Å². The van der Waals surface area contributed by atoms with Gasteiger partial charge in [-0.2, -0.15) is 0 Å². The van der Waals surface area contributed by atoms with Crippen LogP contribution in [0, 0.1) is 18.7 Å². The quantitative estimate of drug-likeness (QED) is 0.550. The second-order valence-corrected chi connectivity index (χ2v) is 8.02. The van der Waals surface area contributed by atoms with Crippen LogP contribution in [0.5, 0.6) is 0 Å². The number of benzene rings is 1. The fraction of sp³-hybridized carbons (Fsp3) is 0.500. The van der Waals surface area contributed by atoms with Crippen LogP contribution in [-0.2, 0) is 0 Å². The number of pyridine rings is 1. The molecule has 0 spiro atoms. The molecule has 1 aliphatic carbocycles. The van der Waals surface area contributed by atoms with E-state index in [2.05, 4.69) is 0 Å². The SMILES string of the molecule is Cc1c(N2CC[C@@H]([C@H](C)N)C2)c(F)cc2c(C(=O)NO)cc(=O)n(C3CC3)c12. The van der Waals surface area contributed by atoms with Gasteiger partial charge < -0.3 is 15.2 Å². The molecule has 7 nitrogen and oxygen atoms in total. The second kappa shape index (κ2) is 6.86. The Labute approximate surface area is 161 Å². The molecular weight excluding hydrogens is 363 g/mol. The van der Waals surface area contributed by atoms with Gasteiger partial charge in [-0.05, 0) is 50.7 Å². The van der Waals surface area contributed by atoms with Crippen molar-refractivity contribution in [3.8, 4) is 0 Å². The van der Waals surface area contributed by atoms with Gasteiger partial charge in [0.05, 0.1) is 16.8 Å².